The summed E-state index contributed by atoms with van der Waals surface area (Å²) in [7, 11) is 0. The summed E-state index contributed by atoms with van der Waals surface area (Å²) in [5.74, 6) is -7.36. The van der Waals surface area contributed by atoms with Gasteiger partial charge in [0.2, 0.25) is 29.5 Å². The number of rotatable bonds is 17. The highest BCUT2D eigenvalue weighted by atomic mass is 16.4. The lowest BCUT2D eigenvalue weighted by atomic mass is 10.1. The van der Waals surface area contributed by atoms with Crippen LogP contribution in [0.2, 0.25) is 0 Å². The van der Waals surface area contributed by atoms with Gasteiger partial charge >= 0.3 is 11.9 Å². The van der Waals surface area contributed by atoms with Crippen LogP contribution in [0.1, 0.15) is 39.0 Å². The average Bonchev–Trinajstić information content (AvgIpc) is 3.41. The minimum absolute atomic E-state index is 0.0743. The molecule has 5 unspecified atom stereocenters. The van der Waals surface area contributed by atoms with Crippen molar-refractivity contribution in [3.63, 3.8) is 0 Å². The summed E-state index contributed by atoms with van der Waals surface area (Å²) in [5.41, 5.74) is 15.8. The number of carbonyl (C=O) groups excluding carboxylic acids is 5. The molecule has 236 valence electrons. The second kappa shape index (κ2) is 17.3. The van der Waals surface area contributed by atoms with Crippen LogP contribution in [0.3, 0.4) is 0 Å². The van der Waals surface area contributed by atoms with E-state index in [1.54, 1.807) is 0 Å². The van der Waals surface area contributed by atoms with E-state index in [9.17, 15) is 48.9 Å². The monoisotopic (exact) mass is 601 g/mol. The van der Waals surface area contributed by atoms with Gasteiger partial charge in [0, 0.05) is 13.1 Å². The molecule has 0 aromatic heterocycles. The zero-order chi connectivity index (χ0) is 32.0. The summed E-state index contributed by atoms with van der Waals surface area (Å²) in [6.45, 7) is 0.269. The second-order valence-electron chi connectivity index (χ2n) is 9.46. The van der Waals surface area contributed by atoms with E-state index in [0.29, 0.717) is 6.42 Å². The van der Waals surface area contributed by atoms with Crippen LogP contribution in [-0.2, 0) is 33.6 Å². The van der Waals surface area contributed by atoms with E-state index in [2.05, 4.69) is 26.3 Å². The maximum Gasteiger partial charge on any atom is 0.326 e. The van der Waals surface area contributed by atoms with Crippen molar-refractivity contribution in [3.8, 4) is 0 Å². The van der Waals surface area contributed by atoms with Gasteiger partial charge in [-0.2, -0.15) is 0 Å². The average molecular weight is 602 g/mol. The second-order valence-corrected chi connectivity index (χ2v) is 9.46. The highest BCUT2D eigenvalue weighted by Crippen LogP contribution is 2.19. The molecule has 1 rings (SSSR count). The molecule has 0 aromatic carbocycles. The molecule has 0 radical (unpaired) electrons. The van der Waals surface area contributed by atoms with Gasteiger partial charge in [-0.05, 0) is 32.6 Å². The van der Waals surface area contributed by atoms with Crippen LogP contribution in [0.25, 0.3) is 0 Å². The quantitative estimate of drug-likeness (QED) is 0.0423. The molecular weight excluding hydrogens is 562 g/mol. The molecule has 5 amide bonds. The fourth-order valence-electron chi connectivity index (χ4n) is 4.05. The van der Waals surface area contributed by atoms with Crippen molar-refractivity contribution in [1.29, 1.82) is 0 Å². The molecule has 19 nitrogen and oxygen atoms in total. The zero-order valence-electron chi connectivity index (χ0n) is 23.1. The number of nitrogens with one attached hydrogen (secondary N) is 4. The Bertz CT molecular complexity index is 1050. The molecule has 1 aliphatic heterocycles. The largest absolute Gasteiger partial charge is 0.481 e. The van der Waals surface area contributed by atoms with Gasteiger partial charge in [-0.1, -0.05) is 0 Å². The first-order valence-corrected chi connectivity index (χ1v) is 13.0. The SMILES string of the molecule is CC(O)C(NC(=O)C(CC(=O)O)NC(=O)CNC(=O)C(CCCN=C(N)N)NC(=O)CN)C(=O)N1CCCC1C(=O)O. The van der Waals surface area contributed by atoms with Gasteiger partial charge in [-0.15, -0.1) is 0 Å². The molecule has 0 aromatic rings. The molecule has 0 spiro atoms. The number of likely N-dealkylation sites (tertiary alicyclic amines) is 1. The number of hydrogen-bond acceptors (Lipinski definition) is 10. The molecule has 1 heterocycles. The normalized spacial score (nSPS) is 17.1. The third kappa shape index (κ3) is 11.9. The molecule has 1 fully saturated rings. The Morgan fingerprint density at radius 2 is 1.62 bits per heavy atom. The Morgan fingerprint density at radius 3 is 2.17 bits per heavy atom. The lowest BCUT2D eigenvalue weighted by molar-refractivity contribution is -0.151. The van der Waals surface area contributed by atoms with Gasteiger partial charge in [-0.25, -0.2) is 4.79 Å². The Balaban J connectivity index is 2.88. The number of aliphatic hydroxyl groups is 1. The first-order valence-electron chi connectivity index (χ1n) is 13.0. The Kier molecular flexibility index (Phi) is 14.6. The number of nitrogens with two attached hydrogens (primary N) is 3. The Morgan fingerprint density at radius 1 is 0.976 bits per heavy atom. The number of carbonyl (C=O) groups is 7. The van der Waals surface area contributed by atoms with Gasteiger partial charge in [0.25, 0.3) is 0 Å². The van der Waals surface area contributed by atoms with Crippen molar-refractivity contribution in [2.75, 3.05) is 26.2 Å². The molecule has 13 N–H and O–H groups in total. The molecule has 0 bridgehead atoms. The van der Waals surface area contributed by atoms with E-state index in [1.807, 2.05) is 0 Å². The molecule has 19 heteroatoms. The summed E-state index contributed by atoms with van der Waals surface area (Å²) in [4.78, 5) is 90.3. The van der Waals surface area contributed by atoms with Crippen LogP contribution < -0.4 is 38.5 Å². The Hall–Kier alpha value is -4.52. The van der Waals surface area contributed by atoms with Crippen LogP contribution >= 0.6 is 0 Å². The third-order valence-electron chi connectivity index (χ3n) is 6.10. The summed E-state index contributed by atoms with van der Waals surface area (Å²) < 4.78 is 0. The van der Waals surface area contributed by atoms with Crippen LogP contribution in [0, 0.1) is 0 Å². The topological polar surface area (TPSA) is 322 Å². The molecule has 5 atom stereocenters. The first-order chi connectivity index (χ1) is 19.7. The van der Waals surface area contributed by atoms with Gasteiger partial charge in [-0.3, -0.25) is 33.8 Å². The maximum atomic E-state index is 13.0. The van der Waals surface area contributed by atoms with E-state index < -0.39 is 91.3 Å². The minimum Gasteiger partial charge on any atom is -0.481 e. The number of guanidine groups is 1. The Labute approximate surface area is 240 Å². The molecule has 0 saturated carbocycles. The molecule has 0 aliphatic carbocycles. The van der Waals surface area contributed by atoms with E-state index in [1.165, 1.54) is 6.92 Å². The van der Waals surface area contributed by atoms with Crippen LogP contribution in [0.5, 0.6) is 0 Å². The number of aliphatic hydroxyl groups excluding tert-OH is 1. The molecule has 42 heavy (non-hydrogen) atoms. The van der Waals surface area contributed by atoms with Crippen molar-refractivity contribution in [1.82, 2.24) is 26.2 Å². The molecule has 1 saturated heterocycles. The predicted octanol–water partition coefficient (Wildman–Crippen LogP) is -5.50. The smallest absolute Gasteiger partial charge is 0.326 e. The van der Waals surface area contributed by atoms with Crippen molar-refractivity contribution in [2.45, 2.75) is 69.3 Å². The van der Waals surface area contributed by atoms with Crippen molar-refractivity contribution in [3.05, 3.63) is 0 Å². The lowest BCUT2D eigenvalue weighted by Gasteiger charge is -2.29. The zero-order valence-corrected chi connectivity index (χ0v) is 23.1. The highest BCUT2D eigenvalue weighted by Gasteiger charge is 2.40. The standard InChI is InChI=1S/C23H39N9O10/c1-11(33)18(21(40)32-7-3-5-14(32)22(41)42)31-20(39)13(8-17(36)37)30-16(35)10-28-19(38)12(29-15(34)9-24)4-2-6-27-23(25)26/h11-14,18,33H,2-10,24H2,1H3,(H,28,38)(H,29,34)(H,30,35)(H,31,39)(H,36,37)(H,41,42)(H4,25,26,27). The summed E-state index contributed by atoms with van der Waals surface area (Å²) >= 11 is 0. The van der Waals surface area contributed by atoms with Crippen LogP contribution in [-0.4, -0.2) is 124 Å². The van der Waals surface area contributed by atoms with Gasteiger partial charge in [0.15, 0.2) is 5.96 Å². The number of aliphatic carboxylic acids is 2. The van der Waals surface area contributed by atoms with Gasteiger partial charge in [0.1, 0.15) is 24.2 Å². The third-order valence-corrected chi connectivity index (χ3v) is 6.10. The fraction of sp³-hybridized carbons (Fsp3) is 0.652. The highest BCUT2D eigenvalue weighted by molar-refractivity contribution is 5.96. The number of carboxylic acid groups (broad SMARTS) is 2. The van der Waals surface area contributed by atoms with E-state index in [4.69, 9.17) is 17.2 Å². The number of nitrogens with zero attached hydrogens (tertiary/aromatic N) is 2. The lowest BCUT2D eigenvalue weighted by Crippen LogP contribution is -2.59. The molecule has 1 aliphatic rings. The van der Waals surface area contributed by atoms with Crippen LogP contribution in [0.15, 0.2) is 4.99 Å². The summed E-state index contributed by atoms with van der Waals surface area (Å²) in [6.07, 6.45) is -1.49. The van der Waals surface area contributed by atoms with Crippen LogP contribution in [0.4, 0.5) is 0 Å². The number of carboxylic acids is 2. The van der Waals surface area contributed by atoms with E-state index in [-0.39, 0.29) is 38.3 Å². The van der Waals surface area contributed by atoms with Crippen molar-refractivity contribution < 1.29 is 48.9 Å². The van der Waals surface area contributed by atoms with Crippen molar-refractivity contribution in [2.24, 2.45) is 22.2 Å². The van der Waals surface area contributed by atoms with Gasteiger partial charge in [0.05, 0.1) is 25.6 Å². The van der Waals surface area contributed by atoms with E-state index in [0.717, 1.165) is 4.90 Å². The maximum absolute atomic E-state index is 13.0. The summed E-state index contributed by atoms with van der Waals surface area (Å²) in [6, 6.07) is -5.63. The number of hydrogen-bond donors (Lipinski definition) is 10. The first kappa shape index (κ1) is 35.5. The van der Waals surface area contributed by atoms with Crippen molar-refractivity contribution >= 4 is 47.4 Å². The van der Waals surface area contributed by atoms with Gasteiger partial charge < -0.3 is 58.7 Å². The fourth-order valence-corrected chi connectivity index (χ4v) is 4.05. The molecular formula is C23H39N9O10. The predicted molar refractivity (Wildman–Crippen MR) is 144 cm³/mol. The summed E-state index contributed by atoms with van der Waals surface area (Å²) in [5, 5.41) is 37.7. The minimum atomic E-state index is -1.73. The number of aliphatic imine (C=N–C) groups is 1. The van der Waals surface area contributed by atoms with E-state index >= 15 is 0 Å². The number of amides is 5.